The lowest BCUT2D eigenvalue weighted by atomic mass is 9.82. The van der Waals surface area contributed by atoms with Crippen LogP contribution in [0.5, 0.6) is 23.0 Å². The Morgan fingerprint density at radius 2 is 0.822 bits per heavy atom. The smallest absolute Gasteiger partial charge is 0.262 e. The Labute approximate surface area is 266 Å². The SMILES string of the molecule is CCC(C)(C)c1ccc(OCC(=O)Nc2ccc(Oc3ccc(NC(=O)COc4ccc(C(C)(C)CC)cc4)cc3)cc2)cc1. The molecule has 2 N–H and O–H groups in total. The van der Waals surface area contributed by atoms with Gasteiger partial charge >= 0.3 is 0 Å². The molecule has 0 atom stereocenters. The van der Waals surface area contributed by atoms with Gasteiger partial charge in [0.15, 0.2) is 13.2 Å². The first-order valence-electron chi connectivity index (χ1n) is 15.4. The van der Waals surface area contributed by atoms with Crippen LogP contribution in [0.15, 0.2) is 97.1 Å². The van der Waals surface area contributed by atoms with E-state index in [0.717, 1.165) is 12.8 Å². The molecule has 0 aromatic heterocycles. The van der Waals surface area contributed by atoms with Gasteiger partial charge in [-0.25, -0.2) is 0 Å². The zero-order valence-corrected chi connectivity index (χ0v) is 27.1. The summed E-state index contributed by atoms with van der Waals surface area (Å²) in [5.41, 5.74) is 3.95. The molecule has 4 aromatic rings. The van der Waals surface area contributed by atoms with Gasteiger partial charge in [-0.1, -0.05) is 65.8 Å². The molecule has 0 heterocycles. The van der Waals surface area contributed by atoms with Crippen LogP contribution in [0.4, 0.5) is 11.4 Å². The molecule has 0 aliphatic rings. The van der Waals surface area contributed by atoms with Crippen molar-refractivity contribution >= 4 is 23.2 Å². The summed E-state index contributed by atoms with van der Waals surface area (Å²) in [6.45, 7) is 13.0. The van der Waals surface area contributed by atoms with Crippen LogP contribution < -0.4 is 24.8 Å². The van der Waals surface area contributed by atoms with Gasteiger partial charge in [0.05, 0.1) is 0 Å². The van der Waals surface area contributed by atoms with Crippen molar-refractivity contribution in [3.05, 3.63) is 108 Å². The maximum absolute atomic E-state index is 12.4. The molecule has 0 bridgehead atoms. The van der Waals surface area contributed by atoms with Crippen molar-refractivity contribution in [2.24, 2.45) is 0 Å². The molecule has 2 amide bonds. The van der Waals surface area contributed by atoms with Crippen molar-refractivity contribution in [1.82, 2.24) is 0 Å². The highest BCUT2D eigenvalue weighted by molar-refractivity contribution is 5.92. The van der Waals surface area contributed by atoms with Crippen LogP contribution in [0.1, 0.15) is 65.5 Å². The third-order valence-electron chi connectivity index (χ3n) is 8.29. The number of ether oxygens (including phenoxy) is 3. The maximum Gasteiger partial charge on any atom is 0.262 e. The summed E-state index contributed by atoms with van der Waals surface area (Å²) in [5, 5.41) is 5.67. The van der Waals surface area contributed by atoms with Crippen LogP contribution >= 0.6 is 0 Å². The molecule has 0 saturated carbocycles. The Morgan fingerprint density at radius 3 is 1.13 bits per heavy atom. The average molecular weight is 609 g/mol. The third-order valence-corrected chi connectivity index (χ3v) is 8.29. The molecule has 0 unspecified atom stereocenters. The lowest BCUT2D eigenvalue weighted by Gasteiger charge is -2.23. The highest BCUT2D eigenvalue weighted by Crippen LogP contribution is 2.29. The number of carbonyl (C=O) groups excluding carboxylic acids is 2. The number of rotatable bonds is 14. The molecule has 0 spiro atoms. The summed E-state index contributed by atoms with van der Waals surface area (Å²) >= 11 is 0. The van der Waals surface area contributed by atoms with Crippen LogP contribution in [0.3, 0.4) is 0 Å². The van der Waals surface area contributed by atoms with Crippen molar-refractivity contribution in [2.75, 3.05) is 23.8 Å². The molecule has 4 aromatic carbocycles. The van der Waals surface area contributed by atoms with Gasteiger partial charge in [0.1, 0.15) is 23.0 Å². The van der Waals surface area contributed by atoms with Crippen LogP contribution in [-0.4, -0.2) is 25.0 Å². The van der Waals surface area contributed by atoms with E-state index in [9.17, 15) is 9.59 Å². The molecule has 0 radical (unpaired) electrons. The van der Waals surface area contributed by atoms with Gasteiger partial charge < -0.3 is 24.8 Å². The molecule has 0 fully saturated rings. The summed E-state index contributed by atoms with van der Waals surface area (Å²) < 4.78 is 17.2. The zero-order chi connectivity index (χ0) is 32.5. The number of anilines is 2. The van der Waals surface area contributed by atoms with E-state index in [0.29, 0.717) is 34.4 Å². The van der Waals surface area contributed by atoms with Gasteiger partial charge in [0.2, 0.25) is 0 Å². The third kappa shape index (κ3) is 9.60. The van der Waals surface area contributed by atoms with Crippen LogP contribution in [0, 0.1) is 0 Å². The predicted molar refractivity (Wildman–Crippen MR) is 181 cm³/mol. The quantitative estimate of drug-likeness (QED) is 0.149. The summed E-state index contributed by atoms with van der Waals surface area (Å²) in [4.78, 5) is 24.8. The molecular weight excluding hydrogens is 564 g/mol. The number of hydrogen-bond donors (Lipinski definition) is 2. The molecule has 0 saturated heterocycles. The molecule has 7 nitrogen and oxygen atoms in total. The number of amides is 2. The van der Waals surface area contributed by atoms with Gasteiger partial charge in [0.25, 0.3) is 11.8 Å². The Balaban J connectivity index is 1.19. The first-order chi connectivity index (χ1) is 21.5. The highest BCUT2D eigenvalue weighted by atomic mass is 16.5. The highest BCUT2D eigenvalue weighted by Gasteiger charge is 2.18. The predicted octanol–water partition coefficient (Wildman–Crippen LogP) is 8.89. The van der Waals surface area contributed by atoms with E-state index in [1.807, 2.05) is 48.5 Å². The van der Waals surface area contributed by atoms with Crippen molar-refractivity contribution < 1.29 is 23.8 Å². The number of nitrogens with one attached hydrogen (secondary N) is 2. The van der Waals surface area contributed by atoms with Gasteiger partial charge in [-0.2, -0.15) is 0 Å². The van der Waals surface area contributed by atoms with Crippen LogP contribution in [0.25, 0.3) is 0 Å². The summed E-state index contributed by atoms with van der Waals surface area (Å²) in [7, 11) is 0. The van der Waals surface area contributed by atoms with Crippen molar-refractivity contribution in [3.63, 3.8) is 0 Å². The van der Waals surface area contributed by atoms with Crippen LogP contribution in [-0.2, 0) is 20.4 Å². The number of carbonyl (C=O) groups is 2. The van der Waals surface area contributed by atoms with Gasteiger partial charge in [0, 0.05) is 11.4 Å². The van der Waals surface area contributed by atoms with E-state index in [2.05, 4.69) is 52.2 Å². The minimum absolute atomic E-state index is 0.0889. The second-order valence-corrected chi connectivity index (χ2v) is 12.3. The van der Waals surface area contributed by atoms with Gasteiger partial charge in [-0.05, 0) is 108 Å². The number of hydrogen-bond acceptors (Lipinski definition) is 5. The Morgan fingerprint density at radius 1 is 0.511 bits per heavy atom. The monoisotopic (exact) mass is 608 g/mol. The van der Waals surface area contributed by atoms with E-state index in [4.69, 9.17) is 14.2 Å². The van der Waals surface area contributed by atoms with Gasteiger partial charge in [-0.3, -0.25) is 9.59 Å². The normalized spacial score (nSPS) is 11.4. The molecule has 0 aliphatic carbocycles. The van der Waals surface area contributed by atoms with E-state index < -0.39 is 0 Å². The zero-order valence-electron chi connectivity index (χ0n) is 27.1. The second-order valence-electron chi connectivity index (χ2n) is 12.3. The molecule has 236 valence electrons. The minimum atomic E-state index is -0.251. The molecule has 7 heteroatoms. The van der Waals surface area contributed by atoms with E-state index >= 15 is 0 Å². The fraction of sp³-hybridized carbons (Fsp3) is 0.316. The Bertz CT molecular complexity index is 1420. The first-order valence-corrected chi connectivity index (χ1v) is 15.4. The second kappa shape index (κ2) is 14.8. The fourth-order valence-corrected chi connectivity index (χ4v) is 4.45. The number of benzene rings is 4. The van der Waals surface area contributed by atoms with Crippen LogP contribution in [0.2, 0.25) is 0 Å². The molecule has 0 aliphatic heterocycles. The largest absolute Gasteiger partial charge is 0.484 e. The van der Waals surface area contributed by atoms with Crippen molar-refractivity contribution in [3.8, 4) is 23.0 Å². The van der Waals surface area contributed by atoms with Crippen molar-refractivity contribution in [1.29, 1.82) is 0 Å². The molecule has 45 heavy (non-hydrogen) atoms. The summed E-state index contributed by atoms with van der Waals surface area (Å²) in [6, 6.07) is 29.9. The van der Waals surface area contributed by atoms with E-state index in [1.165, 1.54) is 11.1 Å². The summed E-state index contributed by atoms with van der Waals surface area (Å²) in [6.07, 6.45) is 2.08. The first kappa shape index (κ1) is 33.1. The Hall–Kier alpha value is -4.78. The Kier molecular flexibility index (Phi) is 10.9. The lowest BCUT2D eigenvalue weighted by molar-refractivity contribution is -0.118. The van der Waals surface area contributed by atoms with Gasteiger partial charge in [-0.15, -0.1) is 0 Å². The van der Waals surface area contributed by atoms with Crippen molar-refractivity contribution in [2.45, 2.75) is 65.2 Å². The van der Waals surface area contributed by atoms with E-state index in [-0.39, 0.29) is 35.9 Å². The molecular formula is C38H44N2O5. The van der Waals surface area contributed by atoms with E-state index in [1.54, 1.807) is 48.5 Å². The fourth-order valence-electron chi connectivity index (χ4n) is 4.45. The lowest BCUT2D eigenvalue weighted by Crippen LogP contribution is -2.20. The standard InChI is InChI=1S/C38H44N2O5/c1-7-37(3,4)27-9-17-31(18-10-27)43-25-35(41)39-29-13-21-33(22-14-29)45-34-23-15-30(16-24-34)40-36(42)26-44-32-19-11-28(12-20-32)38(5,6)8-2/h9-24H,7-8,25-26H2,1-6H3,(H,39,41)(H,40,42). The molecule has 4 rings (SSSR count). The summed E-state index contributed by atoms with van der Waals surface area (Å²) in [5.74, 6) is 2.02. The topological polar surface area (TPSA) is 85.9 Å². The maximum atomic E-state index is 12.4. The minimum Gasteiger partial charge on any atom is -0.484 e. The average Bonchev–Trinajstić information content (AvgIpc) is 3.05.